The summed E-state index contributed by atoms with van der Waals surface area (Å²) in [6, 6.07) is 0. The molecule has 0 amide bonds. The highest BCUT2D eigenvalue weighted by molar-refractivity contribution is 5.66. The fraction of sp³-hybridized carbons (Fsp3) is 0.955. The number of ether oxygens (including phenoxy) is 2. The number of carbonyl (C=O) groups is 1. The summed E-state index contributed by atoms with van der Waals surface area (Å²) in [4.78, 5) is 11.7. The van der Waals surface area contributed by atoms with Crippen LogP contribution in [0.15, 0.2) is 0 Å². The van der Waals surface area contributed by atoms with Crippen molar-refractivity contribution in [2.75, 3.05) is 13.2 Å². The third-order valence-electron chi connectivity index (χ3n) is 10.00. The zero-order valence-electron chi connectivity index (χ0n) is 17.2. The average Bonchev–Trinajstić information content (AvgIpc) is 3.38. The maximum Gasteiger partial charge on any atom is 0.302 e. The first-order valence-corrected chi connectivity index (χ1v) is 10.9. The van der Waals surface area contributed by atoms with Gasteiger partial charge >= 0.3 is 5.97 Å². The predicted octanol–water partition coefficient (Wildman–Crippen LogP) is 1.64. The minimum absolute atomic E-state index is 0.0400. The summed E-state index contributed by atoms with van der Waals surface area (Å²) in [5.41, 5.74) is -1.30. The second-order valence-corrected chi connectivity index (χ2v) is 10.9. The van der Waals surface area contributed by atoms with Crippen LogP contribution in [0.25, 0.3) is 0 Å². The van der Waals surface area contributed by atoms with Gasteiger partial charge in [-0.15, -0.1) is 0 Å². The van der Waals surface area contributed by atoms with Gasteiger partial charge in [0.2, 0.25) is 0 Å². The maximum absolute atomic E-state index is 11.7. The lowest BCUT2D eigenvalue weighted by Gasteiger charge is -2.66. The van der Waals surface area contributed by atoms with Crippen molar-refractivity contribution in [1.29, 1.82) is 0 Å². The molecule has 3 N–H and O–H groups in total. The number of fused-ring (bicyclic) bond motifs is 5. The molecule has 28 heavy (non-hydrogen) atoms. The first-order chi connectivity index (χ1) is 13.2. The normalized spacial score (nSPS) is 59.1. The molecule has 5 rings (SSSR count). The van der Waals surface area contributed by atoms with Gasteiger partial charge in [0.05, 0.1) is 25.4 Å². The molecule has 6 nitrogen and oxygen atoms in total. The Morgan fingerprint density at radius 1 is 1.14 bits per heavy atom. The topological polar surface area (TPSA) is 99.5 Å². The van der Waals surface area contributed by atoms with Gasteiger partial charge in [0.1, 0.15) is 11.7 Å². The molecule has 0 unspecified atom stereocenters. The molecule has 4 aliphatic carbocycles. The number of carbonyl (C=O) groups excluding carboxylic acids is 1. The van der Waals surface area contributed by atoms with Crippen molar-refractivity contribution >= 4 is 5.97 Å². The van der Waals surface area contributed by atoms with Crippen LogP contribution >= 0.6 is 0 Å². The number of aliphatic hydroxyl groups is 3. The van der Waals surface area contributed by atoms with Gasteiger partial charge in [-0.25, -0.2) is 0 Å². The zero-order valence-corrected chi connectivity index (χ0v) is 17.2. The Morgan fingerprint density at radius 2 is 1.89 bits per heavy atom. The predicted molar refractivity (Wildman–Crippen MR) is 100 cm³/mol. The van der Waals surface area contributed by atoms with Gasteiger partial charge in [0, 0.05) is 17.8 Å². The van der Waals surface area contributed by atoms with Crippen LogP contribution in [0.3, 0.4) is 0 Å². The Morgan fingerprint density at radius 3 is 2.54 bits per heavy atom. The lowest BCUT2D eigenvalue weighted by atomic mass is 9.39. The van der Waals surface area contributed by atoms with Gasteiger partial charge in [0.25, 0.3) is 0 Å². The SMILES string of the molecule is CC(=O)O[C@@H]1CC[C@]2(C)[C@H](C[C@H](O)[C@@]34C[C@@H](CC[C@@H]23)[C@]2(CO)O[C@@H]24)[C@@]1(C)CO. The van der Waals surface area contributed by atoms with E-state index in [9.17, 15) is 20.1 Å². The van der Waals surface area contributed by atoms with E-state index in [2.05, 4.69) is 6.92 Å². The lowest BCUT2D eigenvalue weighted by molar-refractivity contribution is -0.244. The number of epoxide rings is 1. The van der Waals surface area contributed by atoms with E-state index >= 15 is 0 Å². The van der Waals surface area contributed by atoms with Crippen molar-refractivity contribution in [3.8, 4) is 0 Å². The molecule has 1 aliphatic heterocycles. The second-order valence-electron chi connectivity index (χ2n) is 10.9. The van der Waals surface area contributed by atoms with Crippen LogP contribution in [0.4, 0.5) is 0 Å². The van der Waals surface area contributed by atoms with Crippen LogP contribution < -0.4 is 0 Å². The molecule has 158 valence electrons. The molecule has 2 bridgehead atoms. The van der Waals surface area contributed by atoms with Crippen molar-refractivity contribution in [1.82, 2.24) is 0 Å². The van der Waals surface area contributed by atoms with Crippen LogP contribution in [-0.2, 0) is 14.3 Å². The van der Waals surface area contributed by atoms with Gasteiger partial charge in [-0.1, -0.05) is 13.8 Å². The minimum atomic E-state index is -0.560. The number of aliphatic hydroxyl groups excluding tert-OH is 3. The van der Waals surface area contributed by atoms with Gasteiger partial charge in [-0.2, -0.15) is 0 Å². The van der Waals surface area contributed by atoms with E-state index in [1.807, 2.05) is 6.92 Å². The summed E-state index contributed by atoms with van der Waals surface area (Å²) in [5, 5.41) is 31.9. The van der Waals surface area contributed by atoms with Crippen LogP contribution in [0.1, 0.15) is 59.3 Å². The van der Waals surface area contributed by atoms with E-state index in [0.29, 0.717) is 18.3 Å². The molecule has 0 aromatic heterocycles. The van der Waals surface area contributed by atoms with Crippen molar-refractivity contribution in [2.24, 2.45) is 34.0 Å². The summed E-state index contributed by atoms with van der Waals surface area (Å²) in [6.07, 6.45) is 4.40. The molecule has 6 heteroatoms. The van der Waals surface area contributed by atoms with Gasteiger partial charge in [0.15, 0.2) is 0 Å². The monoisotopic (exact) mass is 394 g/mol. The molecule has 1 heterocycles. The molecule has 0 aromatic carbocycles. The molecule has 1 spiro atoms. The Bertz CT molecular complexity index is 697. The maximum atomic E-state index is 11.7. The van der Waals surface area contributed by atoms with Crippen molar-refractivity contribution < 1.29 is 29.6 Å². The van der Waals surface area contributed by atoms with Crippen molar-refractivity contribution in [2.45, 2.75) is 83.2 Å². The summed E-state index contributed by atoms with van der Waals surface area (Å²) in [6.45, 7) is 5.77. The van der Waals surface area contributed by atoms with Crippen LogP contribution in [-0.4, -0.2) is 58.4 Å². The Labute approximate surface area is 166 Å². The van der Waals surface area contributed by atoms with E-state index in [1.165, 1.54) is 6.92 Å². The first-order valence-electron chi connectivity index (χ1n) is 10.9. The highest BCUT2D eigenvalue weighted by Gasteiger charge is 2.83. The largest absolute Gasteiger partial charge is 0.462 e. The molecule has 5 fully saturated rings. The molecule has 4 saturated carbocycles. The highest BCUT2D eigenvalue weighted by atomic mass is 16.6. The molecule has 10 atom stereocenters. The Kier molecular flexibility index (Phi) is 3.94. The zero-order chi connectivity index (χ0) is 20.1. The smallest absolute Gasteiger partial charge is 0.302 e. The summed E-state index contributed by atoms with van der Waals surface area (Å²) in [5.74, 6) is 0.412. The number of rotatable bonds is 3. The van der Waals surface area contributed by atoms with E-state index in [-0.39, 0.29) is 48.1 Å². The first kappa shape index (κ1) is 19.3. The van der Waals surface area contributed by atoms with Gasteiger partial charge in [-0.3, -0.25) is 4.79 Å². The van der Waals surface area contributed by atoms with Gasteiger partial charge < -0.3 is 24.8 Å². The molecule has 0 radical (unpaired) electrons. The van der Waals surface area contributed by atoms with Crippen molar-refractivity contribution in [3.63, 3.8) is 0 Å². The Hall–Kier alpha value is -0.690. The fourth-order valence-electron chi connectivity index (χ4n) is 8.74. The number of hydrogen-bond acceptors (Lipinski definition) is 6. The third kappa shape index (κ3) is 2.01. The molecule has 5 aliphatic rings. The highest BCUT2D eigenvalue weighted by Crippen LogP contribution is 2.78. The summed E-state index contributed by atoms with van der Waals surface area (Å²) in [7, 11) is 0. The quantitative estimate of drug-likeness (QED) is 0.497. The summed E-state index contributed by atoms with van der Waals surface area (Å²) >= 11 is 0. The van der Waals surface area contributed by atoms with Crippen LogP contribution in [0, 0.1) is 34.0 Å². The molecular weight excluding hydrogens is 360 g/mol. The average molecular weight is 395 g/mol. The second kappa shape index (κ2) is 5.71. The van der Waals surface area contributed by atoms with Crippen LogP contribution in [0.2, 0.25) is 0 Å². The summed E-state index contributed by atoms with van der Waals surface area (Å²) < 4.78 is 11.8. The van der Waals surface area contributed by atoms with E-state index < -0.39 is 17.1 Å². The van der Waals surface area contributed by atoms with E-state index in [4.69, 9.17) is 9.47 Å². The molecule has 0 aromatic rings. The van der Waals surface area contributed by atoms with Crippen molar-refractivity contribution in [3.05, 3.63) is 0 Å². The Balaban J connectivity index is 1.54. The molecule has 1 saturated heterocycles. The molecular formula is C22H34O6. The van der Waals surface area contributed by atoms with Crippen LogP contribution in [0.5, 0.6) is 0 Å². The number of esters is 1. The fourth-order valence-corrected chi connectivity index (χ4v) is 8.74. The van der Waals surface area contributed by atoms with E-state index in [0.717, 1.165) is 32.1 Å². The third-order valence-corrected chi connectivity index (χ3v) is 10.00. The minimum Gasteiger partial charge on any atom is -0.462 e. The van der Waals surface area contributed by atoms with E-state index in [1.54, 1.807) is 0 Å². The standard InChI is InChI=1S/C22H34O6/c1-12(25)27-17-6-7-19(2)14-5-4-13-9-21(14,18-22(13,11-24)28-18)16(26)8-15(19)20(17,3)10-23/h13-18,23-24,26H,4-11H2,1-3H3/t13-,14+,15+,16+,17-,18-,19+,20-,21-,22+/m1/s1. The number of hydrogen-bond donors (Lipinski definition) is 3. The van der Waals surface area contributed by atoms with Gasteiger partial charge in [-0.05, 0) is 61.7 Å². The lowest BCUT2D eigenvalue weighted by Crippen LogP contribution is -2.66.